The summed E-state index contributed by atoms with van der Waals surface area (Å²) in [5.41, 5.74) is 12.9. The number of aromatic hydroxyl groups is 1. The van der Waals surface area contributed by atoms with Crippen LogP contribution in [0.4, 0.5) is 5.82 Å². The van der Waals surface area contributed by atoms with Crippen molar-refractivity contribution in [3.8, 4) is 11.4 Å². The van der Waals surface area contributed by atoms with E-state index in [1.54, 1.807) is 35.1 Å². The zero-order chi connectivity index (χ0) is 10.8. The third-order valence-corrected chi connectivity index (χ3v) is 2.20. The maximum Gasteiger partial charge on any atom is 0.131 e. The molecule has 2 aromatic rings. The van der Waals surface area contributed by atoms with E-state index in [0.717, 1.165) is 11.3 Å². The first-order valence-corrected chi connectivity index (χ1v) is 4.54. The van der Waals surface area contributed by atoms with Crippen LogP contribution in [-0.2, 0) is 6.54 Å². The molecule has 1 aromatic carbocycles. The van der Waals surface area contributed by atoms with Crippen LogP contribution in [0.15, 0.2) is 30.5 Å². The van der Waals surface area contributed by atoms with Gasteiger partial charge in [-0.05, 0) is 24.3 Å². The van der Waals surface area contributed by atoms with E-state index in [2.05, 4.69) is 5.10 Å². The maximum atomic E-state index is 9.14. The Kier molecular flexibility index (Phi) is 2.31. The number of nitrogens with two attached hydrogens (primary N) is 2. The molecule has 2 rings (SSSR count). The summed E-state index contributed by atoms with van der Waals surface area (Å²) in [5, 5.41) is 13.3. The molecule has 0 atom stereocenters. The second kappa shape index (κ2) is 3.62. The Morgan fingerprint density at radius 3 is 2.47 bits per heavy atom. The van der Waals surface area contributed by atoms with Crippen LogP contribution >= 0.6 is 0 Å². The van der Waals surface area contributed by atoms with Crippen LogP contribution in [0.25, 0.3) is 5.69 Å². The van der Waals surface area contributed by atoms with Crippen LogP contribution in [-0.4, -0.2) is 14.9 Å². The van der Waals surface area contributed by atoms with Gasteiger partial charge in [0.2, 0.25) is 0 Å². The SMILES string of the molecule is NCc1cnn(-c2ccc(O)cc2)c1N. The van der Waals surface area contributed by atoms with Crippen LogP contribution in [0.1, 0.15) is 5.56 Å². The van der Waals surface area contributed by atoms with Gasteiger partial charge in [-0.15, -0.1) is 0 Å². The highest BCUT2D eigenvalue weighted by Gasteiger charge is 2.06. The normalized spacial score (nSPS) is 10.5. The van der Waals surface area contributed by atoms with E-state index in [4.69, 9.17) is 16.6 Å². The Balaban J connectivity index is 2.45. The van der Waals surface area contributed by atoms with Gasteiger partial charge in [-0.3, -0.25) is 0 Å². The van der Waals surface area contributed by atoms with Crippen LogP contribution in [0.2, 0.25) is 0 Å². The lowest BCUT2D eigenvalue weighted by Crippen LogP contribution is -2.04. The molecule has 15 heavy (non-hydrogen) atoms. The second-order valence-corrected chi connectivity index (χ2v) is 3.19. The number of nitrogen functional groups attached to an aromatic ring is 1. The summed E-state index contributed by atoms with van der Waals surface area (Å²) in [6.45, 7) is 0.365. The van der Waals surface area contributed by atoms with E-state index in [1.807, 2.05) is 0 Å². The second-order valence-electron chi connectivity index (χ2n) is 3.19. The minimum absolute atomic E-state index is 0.212. The molecule has 5 heteroatoms. The van der Waals surface area contributed by atoms with Gasteiger partial charge >= 0.3 is 0 Å². The van der Waals surface area contributed by atoms with Gasteiger partial charge in [0.15, 0.2) is 0 Å². The number of phenolic OH excluding ortho intramolecular Hbond substituents is 1. The summed E-state index contributed by atoms with van der Waals surface area (Å²) in [6, 6.07) is 6.63. The zero-order valence-corrected chi connectivity index (χ0v) is 8.09. The minimum atomic E-state index is 0.212. The molecular weight excluding hydrogens is 192 g/mol. The lowest BCUT2D eigenvalue weighted by atomic mass is 10.3. The largest absolute Gasteiger partial charge is 0.508 e. The number of nitrogens with zero attached hydrogens (tertiary/aromatic N) is 2. The first-order valence-electron chi connectivity index (χ1n) is 4.54. The van der Waals surface area contributed by atoms with Gasteiger partial charge in [-0.25, -0.2) is 4.68 Å². The molecule has 78 valence electrons. The summed E-state index contributed by atoms with van der Waals surface area (Å²) in [7, 11) is 0. The van der Waals surface area contributed by atoms with E-state index in [1.165, 1.54) is 0 Å². The lowest BCUT2D eigenvalue weighted by Gasteiger charge is -2.04. The summed E-state index contributed by atoms with van der Waals surface area (Å²) in [4.78, 5) is 0. The molecule has 0 amide bonds. The molecule has 0 radical (unpaired) electrons. The molecule has 0 saturated carbocycles. The van der Waals surface area contributed by atoms with Gasteiger partial charge in [-0.2, -0.15) is 5.10 Å². The fraction of sp³-hybridized carbons (Fsp3) is 0.100. The highest BCUT2D eigenvalue weighted by Crippen LogP contribution is 2.18. The Hall–Kier alpha value is -2.01. The van der Waals surface area contributed by atoms with Crippen LogP contribution in [0.5, 0.6) is 5.75 Å². The average Bonchev–Trinajstić information content (AvgIpc) is 2.61. The third-order valence-electron chi connectivity index (χ3n) is 2.20. The Morgan fingerprint density at radius 2 is 1.93 bits per heavy atom. The summed E-state index contributed by atoms with van der Waals surface area (Å²) >= 11 is 0. The number of hydrogen-bond donors (Lipinski definition) is 3. The molecule has 1 heterocycles. The number of anilines is 1. The highest BCUT2D eigenvalue weighted by molar-refractivity contribution is 5.47. The molecular formula is C10H12N4O. The number of benzene rings is 1. The van der Waals surface area contributed by atoms with Crippen molar-refractivity contribution < 1.29 is 5.11 Å². The Bertz CT molecular complexity index is 461. The number of aromatic nitrogens is 2. The van der Waals surface area contributed by atoms with E-state index in [-0.39, 0.29) is 5.75 Å². The van der Waals surface area contributed by atoms with Crippen molar-refractivity contribution in [2.45, 2.75) is 6.54 Å². The predicted octanol–water partition coefficient (Wildman–Crippen LogP) is 0.619. The topological polar surface area (TPSA) is 90.1 Å². The molecule has 0 aliphatic heterocycles. The Labute approximate surface area is 86.9 Å². The highest BCUT2D eigenvalue weighted by atomic mass is 16.3. The van der Waals surface area contributed by atoms with Gasteiger partial charge in [0, 0.05) is 12.1 Å². The van der Waals surface area contributed by atoms with Crippen molar-refractivity contribution in [2.75, 3.05) is 5.73 Å². The van der Waals surface area contributed by atoms with Crippen LogP contribution in [0.3, 0.4) is 0 Å². The first-order chi connectivity index (χ1) is 7.22. The number of hydrogen-bond acceptors (Lipinski definition) is 4. The summed E-state index contributed by atoms with van der Waals surface area (Å²) in [5.74, 6) is 0.742. The summed E-state index contributed by atoms with van der Waals surface area (Å²) < 4.78 is 1.58. The van der Waals surface area contributed by atoms with Crippen molar-refractivity contribution in [3.05, 3.63) is 36.0 Å². The quantitative estimate of drug-likeness (QED) is 0.668. The molecule has 5 nitrogen and oxygen atoms in total. The standard InChI is InChI=1S/C10H12N4O/c11-5-7-6-13-14(10(7)12)8-1-3-9(15)4-2-8/h1-4,6,15H,5,11-12H2. The van der Waals surface area contributed by atoms with Gasteiger partial charge in [-0.1, -0.05) is 0 Å². The fourth-order valence-electron chi connectivity index (χ4n) is 1.35. The van der Waals surface area contributed by atoms with Crippen molar-refractivity contribution in [2.24, 2.45) is 5.73 Å². The van der Waals surface area contributed by atoms with Crippen molar-refractivity contribution in [1.29, 1.82) is 0 Å². The molecule has 0 fully saturated rings. The lowest BCUT2D eigenvalue weighted by molar-refractivity contribution is 0.475. The molecule has 0 aliphatic carbocycles. The molecule has 5 N–H and O–H groups in total. The third kappa shape index (κ3) is 1.64. The number of phenols is 1. The molecule has 0 saturated heterocycles. The van der Waals surface area contributed by atoms with Crippen LogP contribution < -0.4 is 11.5 Å². The van der Waals surface area contributed by atoms with Crippen molar-refractivity contribution >= 4 is 5.82 Å². The predicted molar refractivity (Wildman–Crippen MR) is 57.5 cm³/mol. The van der Waals surface area contributed by atoms with Crippen LogP contribution in [0, 0.1) is 0 Å². The van der Waals surface area contributed by atoms with Crippen molar-refractivity contribution in [1.82, 2.24) is 9.78 Å². The smallest absolute Gasteiger partial charge is 0.131 e. The molecule has 0 unspecified atom stereocenters. The maximum absolute atomic E-state index is 9.14. The number of rotatable bonds is 2. The average molecular weight is 204 g/mol. The van der Waals surface area contributed by atoms with E-state index in [0.29, 0.717) is 12.4 Å². The molecule has 0 spiro atoms. The molecule has 0 bridgehead atoms. The first kappa shape index (κ1) is 9.54. The van der Waals surface area contributed by atoms with Gasteiger partial charge in [0.1, 0.15) is 11.6 Å². The monoisotopic (exact) mass is 204 g/mol. The van der Waals surface area contributed by atoms with E-state index >= 15 is 0 Å². The van der Waals surface area contributed by atoms with E-state index in [9.17, 15) is 0 Å². The Morgan fingerprint density at radius 1 is 1.27 bits per heavy atom. The fourth-order valence-corrected chi connectivity index (χ4v) is 1.35. The van der Waals surface area contributed by atoms with Gasteiger partial charge in [0.05, 0.1) is 11.9 Å². The molecule has 0 aliphatic rings. The van der Waals surface area contributed by atoms with E-state index < -0.39 is 0 Å². The zero-order valence-electron chi connectivity index (χ0n) is 8.09. The van der Waals surface area contributed by atoms with Crippen molar-refractivity contribution in [3.63, 3.8) is 0 Å². The minimum Gasteiger partial charge on any atom is -0.508 e. The molecule has 1 aromatic heterocycles. The van der Waals surface area contributed by atoms with Gasteiger partial charge in [0.25, 0.3) is 0 Å². The summed E-state index contributed by atoms with van der Waals surface area (Å²) in [6.07, 6.45) is 1.64. The van der Waals surface area contributed by atoms with Gasteiger partial charge < -0.3 is 16.6 Å².